The van der Waals surface area contributed by atoms with E-state index in [-0.39, 0.29) is 23.4 Å². The van der Waals surface area contributed by atoms with E-state index >= 15 is 0 Å². The predicted octanol–water partition coefficient (Wildman–Crippen LogP) is 8.51. The summed E-state index contributed by atoms with van der Waals surface area (Å²) >= 11 is 0. The summed E-state index contributed by atoms with van der Waals surface area (Å²) in [6.07, 6.45) is 23.6. The van der Waals surface area contributed by atoms with E-state index in [0.717, 1.165) is 57.3 Å². The number of hydrogen-bond acceptors (Lipinski definition) is 3. The maximum absolute atomic E-state index is 12.7. The van der Waals surface area contributed by atoms with Crippen LogP contribution in [0.4, 0.5) is 0 Å². The average Bonchev–Trinajstić information content (AvgIpc) is 2.80. The Labute approximate surface area is 192 Å². The van der Waals surface area contributed by atoms with Crippen molar-refractivity contribution in [2.75, 3.05) is 0 Å². The zero-order valence-corrected chi connectivity index (χ0v) is 20.6. The Morgan fingerprint density at radius 1 is 0.839 bits per heavy atom. The maximum Gasteiger partial charge on any atom is 0.309 e. The molecule has 2 rings (SSSR count). The minimum Gasteiger partial charge on any atom is -0.462 e. The molecular formula is C28H49NO2. The van der Waals surface area contributed by atoms with Gasteiger partial charge >= 0.3 is 5.97 Å². The highest BCUT2D eigenvalue weighted by Crippen LogP contribution is 2.43. The second kappa shape index (κ2) is 14.9. The van der Waals surface area contributed by atoms with Crippen LogP contribution in [-0.2, 0) is 9.53 Å². The summed E-state index contributed by atoms with van der Waals surface area (Å²) < 4.78 is 5.94. The lowest BCUT2D eigenvalue weighted by Crippen LogP contribution is -2.33. The van der Waals surface area contributed by atoms with Crippen LogP contribution in [0.5, 0.6) is 0 Å². The van der Waals surface area contributed by atoms with Crippen molar-refractivity contribution in [3.8, 4) is 6.07 Å². The molecule has 178 valence electrons. The standard InChI is InChI=1S/C28H49NO2/c1-3-5-7-9-11-13-24-14-16-26(17-15-24)31-27(30)25-18-21-28(23-29,22-19-25)20-12-10-8-6-4-2/h24-26H,3-22H2,1-2H3/t24-,25-,26-,28+. The number of nitriles is 1. The molecule has 0 spiro atoms. The number of hydrogen-bond donors (Lipinski definition) is 0. The van der Waals surface area contributed by atoms with Crippen LogP contribution in [0.1, 0.15) is 142 Å². The van der Waals surface area contributed by atoms with E-state index in [2.05, 4.69) is 19.9 Å². The maximum atomic E-state index is 12.7. The molecule has 3 heteroatoms. The molecule has 2 aliphatic carbocycles. The van der Waals surface area contributed by atoms with Crippen molar-refractivity contribution in [3.05, 3.63) is 0 Å². The van der Waals surface area contributed by atoms with Crippen molar-refractivity contribution in [3.63, 3.8) is 0 Å². The minimum atomic E-state index is -0.182. The van der Waals surface area contributed by atoms with Gasteiger partial charge in [-0.3, -0.25) is 4.79 Å². The van der Waals surface area contributed by atoms with E-state index in [1.165, 1.54) is 77.0 Å². The first-order chi connectivity index (χ1) is 15.1. The van der Waals surface area contributed by atoms with Crippen molar-refractivity contribution < 1.29 is 9.53 Å². The Morgan fingerprint density at radius 3 is 2.00 bits per heavy atom. The molecule has 0 amide bonds. The van der Waals surface area contributed by atoms with E-state index in [0.29, 0.717) is 0 Å². The molecule has 0 radical (unpaired) electrons. The third-order valence-corrected chi connectivity index (χ3v) is 8.06. The van der Waals surface area contributed by atoms with E-state index in [9.17, 15) is 10.1 Å². The monoisotopic (exact) mass is 431 g/mol. The van der Waals surface area contributed by atoms with Crippen LogP contribution in [0.25, 0.3) is 0 Å². The molecule has 0 bridgehead atoms. The second-order valence-corrected chi connectivity index (χ2v) is 10.6. The molecule has 0 saturated heterocycles. The number of unbranched alkanes of at least 4 members (excludes halogenated alkanes) is 8. The van der Waals surface area contributed by atoms with Gasteiger partial charge in [-0.15, -0.1) is 0 Å². The Hall–Kier alpha value is -1.04. The van der Waals surface area contributed by atoms with Crippen LogP contribution < -0.4 is 0 Å². The second-order valence-electron chi connectivity index (χ2n) is 10.6. The molecule has 0 unspecified atom stereocenters. The zero-order valence-electron chi connectivity index (χ0n) is 20.6. The molecular weight excluding hydrogens is 382 g/mol. The highest BCUT2D eigenvalue weighted by atomic mass is 16.5. The Morgan fingerprint density at radius 2 is 1.42 bits per heavy atom. The van der Waals surface area contributed by atoms with E-state index in [4.69, 9.17) is 4.74 Å². The van der Waals surface area contributed by atoms with Gasteiger partial charge in [0.1, 0.15) is 6.10 Å². The first kappa shape index (κ1) is 26.2. The number of rotatable bonds is 14. The minimum absolute atomic E-state index is 0.0255. The van der Waals surface area contributed by atoms with Crippen LogP contribution in [0.15, 0.2) is 0 Å². The highest BCUT2D eigenvalue weighted by Gasteiger charge is 2.38. The van der Waals surface area contributed by atoms with Crippen LogP contribution >= 0.6 is 0 Å². The molecule has 0 aromatic carbocycles. The molecule has 0 aromatic heterocycles. The molecule has 0 aromatic rings. The fourth-order valence-corrected chi connectivity index (χ4v) is 5.73. The van der Waals surface area contributed by atoms with E-state index in [1.54, 1.807) is 0 Å². The van der Waals surface area contributed by atoms with Crippen LogP contribution in [0.3, 0.4) is 0 Å². The van der Waals surface area contributed by atoms with E-state index < -0.39 is 0 Å². The summed E-state index contributed by atoms with van der Waals surface area (Å²) in [6, 6.07) is 2.63. The van der Waals surface area contributed by atoms with Crippen molar-refractivity contribution in [1.82, 2.24) is 0 Å². The summed E-state index contributed by atoms with van der Waals surface area (Å²) in [4.78, 5) is 12.7. The third-order valence-electron chi connectivity index (χ3n) is 8.06. The summed E-state index contributed by atoms with van der Waals surface area (Å²) in [6.45, 7) is 4.50. The SMILES string of the molecule is CCCCCCC[C@H]1CC[C@H](OC(=O)[C@H]2CC[C@](C#N)(CCCCCCC)CC2)CC1. The number of nitrogens with zero attached hydrogens (tertiary/aromatic N) is 1. The topological polar surface area (TPSA) is 50.1 Å². The van der Waals surface area contributed by atoms with Crippen LogP contribution in [0.2, 0.25) is 0 Å². The number of carbonyl (C=O) groups is 1. The molecule has 0 aliphatic heterocycles. The van der Waals surface area contributed by atoms with Gasteiger partial charge in [0.25, 0.3) is 0 Å². The molecule has 2 saturated carbocycles. The van der Waals surface area contributed by atoms with Gasteiger partial charge in [-0.05, 0) is 63.7 Å². The first-order valence-corrected chi connectivity index (χ1v) is 13.7. The lowest BCUT2D eigenvalue weighted by atomic mass is 9.69. The predicted molar refractivity (Wildman–Crippen MR) is 129 cm³/mol. The van der Waals surface area contributed by atoms with Crippen molar-refractivity contribution in [1.29, 1.82) is 5.26 Å². The average molecular weight is 432 g/mol. The number of esters is 1. The normalized spacial score (nSPS) is 28.7. The molecule has 2 fully saturated rings. The fourth-order valence-electron chi connectivity index (χ4n) is 5.73. The highest BCUT2D eigenvalue weighted by molar-refractivity contribution is 5.72. The Balaban J connectivity index is 1.62. The Bertz CT molecular complexity index is 522. The first-order valence-electron chi connectivity index (χ1n) is 13.7. The lowest BCUT2D eigenvalue weighted by Gasteiger charge is -2.35. The van der Waals surface area contributed by atoms with Gasteiger partial charge in [0, 0.05) is 0 Å². The zero-order chi connectivity index (χ0) is 22.4. The summed E-state index contributed by atoms with van der Waals surface area (Å²) in [5.41, 5.74) is -0.182. The summed E-state index contributed by atoms with van der Waals surface area (Å²) in [5, 5.41) is 9.79. The van der Waals surface area contributed by atoms with Gasteiger partial charge in [0.2, 0.25) is 0 Å². The quantitative estimate of drug-likeness (QED) is 0.204. The van der Waals surface area contributed by atoms with Crippen LogP contribution in [0, 0.1) is 28.6 Å². The summed E-state index contributed by atoms with van der Waals surface area (Å²) in [5.74, 6) is 0.898. The van der Waals surface area contributed by atoms with Crippen molar-refractivity contribution in [2.24, 2.45) is 17.3 Å². The Kier molecular flexibility index (Phi) is 12.6. The molecule has 0 N–H and O–H groups in total. The van der Waals surface area contributed by atoms with Gasteiger partial charge in [0.05, 0.1) is 17.4 Å². The van der Waals surface area contributed by atoms with E-state index in [1.807, 2.05) is 0 Å². The lowest BCUT2D eigenvalue weighted by molar-refractivity contribution is -0.157. The number of carbonyl (C=O) groups excluding carboxylic acids is 1. The van der Waals surface area contributed by atoms with Crippen LogP contribution in [-0.4, -0.2) is 12.1 Å². The summed E-state index contributed by atoms with van der Waals surface area (Å²) in [7, 11) is 0. The largest absolute Gasteiger partial charge is 0.462 e. The smallest absolute Gasteiger partial charge is 0.309 e. The molecule has 0 atom stereocenters. The van der Waals surface area contributed by atoms with Gasteiger partial charge in [0.15, 0.2) is 0 Å². The van der Waals surface area contributed by atoms with Crippen molar-refractivity contribution in [2.45, 2.75) is 148 Å². The molecule has 31 heavy (non-hydrogen) atoms. The number of ether oxygens (including phenoxy) is 1. The fraction of sp³-hybridized carbons (Fsp3) is 0.929. The molecule has 2 aliphatic rings. The molecule has 0 heterocycles. The molecule has 3 nitrogen and oxygen atoms in total. The van der Waals surface area contributed by atoms with Gasteiger partial charge in [-0.2, -0.15) is 5.26 Å². The third kappa shape index (κ3) is 9.55. The van der Waals surface area contributed by atoms with Gasteiger partial charge in [-0.1, -0.05) is 84.5 Å². The van der Waals surface area contributed by atoms with Crippen molar-refractivity contribution >= 4 is 5.97 Å². The van der Waals surface area contributed by atoms with Gasteiger partial charge < -0.3 is 4.74 Å². The van der Waals surface area contributed by atoms with Gasteiger partial charge in [-0.25, -0.2) is 0 Å².